The number of rotatable bonds is 5. The van der Waals surface area contributed by atoms with Crippen molar-refractivity contribution in [3.8, 4) is 0 Å². The molecule has 0 bridgehead atoms. The molecule has 5 rings (SSSR count). The number of nitrogens with one attached hydrogen (secondary N) is 2. The second-order valence-corrected chi connectivity index (χ2v) is 8.73. The molecular weight excluding hydrogens is 428 g/mol. The molecule has 2 aliphatic heterocycles. The zero-order valence-corrected chi connectivity index (χ0v) is 18.8. The molecular formula is C22H27ClN8O. The number of aryl methyl sites for hydroxylation is 1. The third-order valence-corrected chi connectivity index (χ3v) is 6.41. The smallest absolute Gasteiger partial charge is 0.227 e. The molecule has 168 valence electrons. The molecule has 1 amide bonds. The van der Waals surface area contributed by atoms with Crippen molar-refractivity contribution in [1.29, 1.82) is 0 Å². The number of hydrogen-bond acceptors (Lipinski definition) is 7. The molecule has 0 radical (unpaired) electrons. The lowest BCUT2D eigenvalue weighted by molar-refractivity contribution is -0.125. The Hall–Kier alpha value is -2.91. The van der Waals surface area contributed by atoms with Gasteiger partial charge in [-0.3, -0.25) is 4.79 Å². The minimum Gasteiger partial charge on any atom is -0.353 e. The van der Waals surface area contributed by atoms with Crippen molar-refractivity contribution in [2.75, 3.05) is 49.1 Å². The van der Waals surface area contributed by atoms with Crippen LogP contribution in [0.15, 0.2) is 30.6 Å². The predicted octanol–water partition coefficient (Wildman–Crippen LogP) is 1.64. The highest BCUT2D eigenvalue weighted by Gasteiger charge is 2.35. The van der Waals surface area contributed by atoms with Gasteiger partial charge in [0.1, 0.15) is 10.7 Å². The van der Waals surface area contributed by atoms with E-state index in [9.17, 15) is 4.79 Å². The Morgan fingerprint density at radius 3 is 2.97 bits per heavy atom. The number of pyridine rings is 1. The fourth-order valence-corrected chi connectivity index (χ4v) is 4.49. The molecule has 2 N–H and O–H groups in total. The topological polar surface area (TPSA) is 90.7 Å². The summed E-state index contributed by atoms with van der Waals surface area (Å²) in [6, 6.07) is 5.88. The molecule has 5 heterocycles. The summed E-state index contributed by atoms with van der Waals surface area (Å²) in [6.45, 7) is 7.32. The maximum atomic E-state index is 12.7. The van der Waals surface area contributed by atoms with Crippen molar-refractivity contribution in [2.24, 2.45) is 5.92 Å². The highest BCUT2D eigenvalue weighted by Crippen LogP contribution is 2.30. The molecule has 0 spiro atoms. The summed E-state index contributed by atoms with van der Waals surface area (Å²) in [5.41, 5.74) is 2.81. The van der Waals surface area contributed by atoms with Crippen molar-refractivity contribution in [3.05, 3.63) is 47.0 Å². The second-order valence-electron chi connectivity index (χ2n) is 8.32. The zero-order valence-electron chi connectivity index (χ0n) is 18.1. The van der Waals surface area contributed by atoms with E-state index in [2.05, 4.69) is 25.5 Å². The lowest BCUT2D eigenvalue weighted by atomic mass is 9.99. The second kappa shape index (κ2) is 8.91. The number of carbonyl (C=O) groups excluding carboxylic acids is 1. The molecule has 0 saturated carbocycles. The van der Waals surface area contributed by atoms with Crippen LogP contribution in [-0.4, -0.2) is 64.5 Å². The molecule has 0 aliphatic carbocycles. The maximum absolute atomic E-state index is 12.7. The highest BCUT2D eigenvalue weighted by atomic mass is 35.5. The van der Waals surface area contributed by atoms with Gasteiger partial charge in [-0.2, -0.15) is 4.98 Å². The third kappa shape index (κ3) is 4.10. The SMILES string of the molecule is Cc1nc2ccccn2c1CNC(=O)C1CN(c2nc(N3CCCNCC3)ncc2Cl)C1. The quantitative estimate of drug-likeness (QED) is 0.605. The van der Waals surface area contributed by atoms with Crippen LogP contribution >= 0.6 is 11.6 Å². The van der Waals surface area contributed by atoms with Crippen molar-refractivity contribution in [1.82, 2.24) is 30.0 Å². The molecule has 2 fully saturated rings. The molecule has 3 aromatic rings. The molecule has 0 aromatic carbocycles. The molecule has 3 aromatic heterocycles. The van der Waals surface area contributed by atoms with Crippen molar-refractivity contribution >= 4 is 34.9 Å². The number of aromatic nitrogens is 4. The van der Waals surface area contributed by atoms with E-state index in [0.717, 1.165) is 49.6 Å². The van der Waals surface area contributed by atoms with Crippen LogP contribution in [0.3, 0.4) is 0 Å². The van der Waals surface area contributed by atoms with Gasteiger partial charge in [-0.1, -0.05) is 17.7 Å². The van der Waals surface area contributed by atoms with Gasteiger partial charge in [0.05, 0.1) is 30.0 Å². The number of halogens is 1. The molecule has 0 atom stereocenters. The van der Waals surface area contributed by atoms with E-state index in [1.807, 2.05) is 40.6 Å². The Labute approximate surface area is 191 Å². The molecule has 32 heavy (non-hydrogen) atoms. The van der Waals surface area contributed by atoms with Gasteiger partial charge in [0.2, 0.25) is 11.9 Å². The van der Waals surface area contributed by atoms with E-state index in [-0.39, 0.29) is 11.8 Å². The molecule has 0 unspecified atom stereocenters. The molecule has 10 heteroatoms. The number of hydrogen-bond donors (Lipinski definition) is 2. The first-order valence-corrected chi connectivity index (χ1v) is 11.4. The summed E-state index contributed by atoms with van der Waals surface area (Å²) in [4.78, 5) is 30.7. The van der Waals surface area contributed by atoms with E-state index < -0.39 is 0 Å². The van der Waals surface area contributed by atoms with Crippen molar-refractivity contribution in [3.63, 3.8) is 0 Å². The number of imidazole rings is 1. The highest BCUT2D eigenvalue weighted by molar-refractivity contribution is 6.32. The first-order valence-electron chi connectivity index (χ1n) is 11.0. The minimum absolute atomic E-state index is 0.0375. The van der Waals surface area contributed by atoms with Gasteiger partial charge in [-0.15, -0.1) is 0 Å². The van der Waals surface area contributed by atoms with Crippen LogP contribution in [0.2, 0.25) is 5.02 Å². The molecule has 9 nitrogen and oxygen atoms in total. The molecule has 2 aliphatic rings. The van der Waals surface area contributed by atoms with E-state index in [4.69, 9.17) is 16.6 Å². The fourth-order valence-electron chi connectivity index (χ4n) is 4.28. The fraction of sp³-hybridized carbons (Fsp3) is 0.455. The van der Waals surface area contributed by atoms with E-state index >= 15 is 0 Å². The summed E-state index contributed by atoms with van der Waals surface area (Å²) in [5.74, 6) is 1.35. The maximum Gasteiger partial charge on any atom is 0.227 e. The van der Waals surface area contributed by atoms with Crippen LogP contribution in [-0.2, 0) is 11.3 Å². The summed E-state index contributed by atoms with van der Waals surface area (Å²) >= 11 is 6.40. The van der Waals surface area contributed by atoms with E-state index in [0.29, 0.717) is 36.4 Å². The van der Waals surface area contributed by atoms with Crippen molar-refractivity contribution in [2.45, 2.75) is 19.9 Å². The summed E-state index contributed by atoms with van der Waals surface area (Å²) in [5, 5.41) is 6.97. The van der Waals surface area contributed by atoms with Gasteiger partial charge >= 0.3 is 0 Å². The van der Waals surface area contributed by atoms with Crippen LogP contribution in [0.4, 0.5) is 11.8 Å². The van der Waals surface area contributed by atoms with Crippen molar-refractivity contribution < 1.29 is 4.79 Å². The van der Waals surface area contributed by atoms with Crippen LogP contribution in [0.25, 0.3) is 5.65 Å². The normalized spacial score (nSPS) is 17.3. The Balaban J connectivity index is 1.20. The predicted molar refractivity (Wildman–Crippen MR) is 124 cm³/mol. The Kier molecular flexibility index (Phi) is 5.84. The van der Waals surface area contributed by atoms with Crippen LogP contribution < -0.4 is 20.4 Å². The zero-order chi connectivity index (χ0) is 22.1. The summed E-state index contributed by atoms with van der Waals surface area (Å²) in [7, 11) is 0. The summed E-state index contributed by atoms with van der Waals surface area (Å²) in [6.07, 6.45) is 4.69. The average molecular weight is 455 g/mol. The number of amides is 1. The lowest BCUT2D eigenvalue weighted by Crippen LogP contribution is -2.54. The van der Waals surface area contributed by atoms with Gasteiger partial charge in [0.25, 0.3) is 0 Å². The minimum atomic E-state index is -0.0913. The largest absolute Gasteiger partial charge is 0.353 e. The lowest BCUT2D eigenvalue weighted by Gasteiger charge is -2.39. The molecule has 2 saturated heterocycles. The van der Waals surface area contributed by atoms with Crippen LogP contribution in [0.1, 0.15) is 17.8 Å². The van der Waals surface area contributed by atoms with Gasteiger partial charge in [-0.25, -0.2) is 9.97 Å². The monoisotopic (exact) mass is 454 g/mol. The number of fused-ring (bicyclic) bond motifs is 1. The van der Waals surface area contributed by atoms with E-state index in [1.54, 1.807) is 6.20 Å². The van der Waals surface area contributed by atoms with E-state index in [1.165, 1.54) is 0 Å². The third-order valence-electron chi connectivity index (χ3n) is 6.15. The Bertz CT molecular complexity index is 1120. The first-order chi connectivity index (χ1) is 15.6. The number of anilines is 2. The van der Waals surface area contributed by atoms with Crippen LogP contribution in [0, 0.1) is 12.8 Å². The van der Waals surface area contributed by atoms with Gasteiger partial charge in [-0.05, 0) is 32.0 Å². The first kappa shape index (κ1) is 21.0. The Morgan fingerprint density at radius 1 is 1.22 bits per heavy atom. The number of carbonyl (C=O) groups is 1. The summed E-state index contributed by atoms with van der Waals surface area (Å²) < 4.78 is 2.02. The standard InChI is InChI=1S/C22H27ClN8O/c1-15-18(31-9-3-2-5-19(31)27-15)12-25-21(32)16-13-30(14-16)20-17(23)11-26-22(28-20)29-8-4-6-24-7-10-29/h2-3,5,9,11,16,24H,4,6-8,10,12-14H2,1H3,(H,25,32). The number of nitrogens with zero attached hydrogens (tertiary/aromatic N) is 6. The van der Waals surface area contributed by atoms with Gasteiger partial charge < -0.3 is 24.8 Å². The van der Waals surface area contributed by atoms with Gasteiger partial charge in [0.15, 0.2) is 5.82 Å². The van der Waals surface area contributed by atoms with Crippen LogP contribution in [0.5, 0.6) is 0 Å². The Morgan fingerprint density at radius 2 is 2.09 bits per heavy atom. The average Bonchev–Trinajstić information content (AvgIpc) is 2.92. The van der Waals surface area contributed by atoms with Gasteiger partial charge in [0, 0.05) is 38.9 Å².